The minimum absolute atomic E-state index is 0.0617. The number of benzene rings is 1. The van der Waals surface area contributed by atoms with Crippen LogP contribution in [0, 0.1) is 0 Å². The lowest BCUT2D eigenvalue weighted by atomic mass is 9.95. The Labute approximate surface area is 159 Å². The van der Waals surface area contributed by atoms with E-state index in [1.54, 1.807) is 4.68 Å². The van der Waals surface area contributed by atoms with Crippen molar-refractivity contribution >= 4 is 17.7 Å². The number of rotatable bonds is 6. The molecule has 1 fully saturated rings. The number of carbonyl (C=O) groups excluding carboxylic acids is 1. The van der Waals surface area contributed by atoms with E-state index in [2.05, 4.69) is 46.8 Å². The summed E-state index contributed by atoms with van der Waals surface area (Å²) in [5.74, 6) is 0.543. The molecular weight excluding hydrogens is 346 g/mol. The molecule has 2 aromatic rings. The first kappa shape index (κ1) is 18.9. The molecule has 0 radical (unpaired) electrons. The average Bonchev–Trinajstić information content (AvgIpc) is 3.10. The van der Waals surface area contributed by atoms with Crippen molar-refractivity contribution in [3.05, 3.63) is 29.8 Å². The van der Waals surface area contributed by atoms with Crippen molar-refractivity contribution in [2.75, 3.05) is 0 Å². The Hall–Kier alpha value is -1.89. The van der Waals surface area contributed by atoms with Crippen molar-refractivity contribution in [1.82, 2.24) is 25.5 Å². The van der Waals surface area contributed by atoms with Gasteiger partial charge < -0.3 is 5.32 Å². The maximum atomic E-state index is 12.5. The van der Waals surface area contributed by atoms with Gasteiger partial charge in [0.25, 0.3) is 0 Å². The molecule has 0 aliphatic heterocycles. The maximum absolute atomic E-state index is 12.5. The van der Waals surface area contributed by atoms with Crippen molar-refractivity contribution in [2.45, 2.75) is 75.2 Å². The topological polar surface area (TPSA) is 72.7 Å². The van der Waals surface area contributed by atoms with Crippen LogP contribution < -0.4 is 5.32 Å². The highest BCUT2D eigenvalue weighted by Gasteiger charge is 2.22. The van der Waals surface area contributed by atoms with Crippen molar-refractivity contribution in [2.24, 2.45) is 0 Å². The van der Waals surface area contributed by atoms with Crippen LogP contribution in [0.3, 0.4) is 0 Å². The molecule has 1 atom stereocenters. The van der Waals surface area contributed by atoms with Crippen molar-refractivity contribution in [1.29, 1.82) is 0 Å². The molecular formula is C19H27N5OS. The molecule has 0 bridgehead atoms. The van der Waals surface area contributed by atoms with Gasteiger partial charge in [0.1, 0.15) is 0 Å². The predicted molar refractivity (Wildman–Crippen MR) is 104 cm³/mol. The molecule has 0 saturated heterocycles. The van der Waals surface area contributed by atoms with Gasteiger partial charge in [-0.1, -0.05) is 57.0 Å². The van der Waals surface area contributed by atoms with Gasteiger partial charge in [-0.25, -0.2) is 0 Å². The summed E-state index contributed by atoms with van der Waals surface area (Å²) < 4.78 is 1.69. The van der Waals surface area contributed by atoms with Gasteiger partial charge in [0.2, 0.25) is 11.1 Å². The van der Waals surface area contributed by atoms with Gasteiger partial charge in [-0.15, -0.1) is 5.10 Å². The Morgan fingerprint density at radius 1 is 1.15 bits per heavy atom. The molecule has 1 amide bonds. The third-order valence-electron chi connectivity index (χ3n) is 4.85. The quantitative estimate of drug-likeness (QED) is 0.781. The van der Waals surface area contributed by atoms with Crippen molar-refractivity contribution in [3.63, 3.8) is 0 Å². The van der Waals surface area contributed by atoms with Gasteiger partial charge in [-0.2, -0.15) is 4.68 Å². The third kappa shape index (κ3) is 4.63. The van der Waals surface area contributed by atoms with E-state index in [0.29, 0.717) is 17.1 Å². The predicted octanol–water partition coefficient (Wildman–Crippen LogP) is 3.72. The Bertz CT molecular complexity index is 722. The second-order valence-corrected chi connectivity index (χ2v) is 8.53. The smallest absolute Gasteiger partial charge is 0.233 e. The van der Waals surface area contributed by atoms with Crippen LogP contribution in [-0.4, -0.2) is 37.4 Å². The van der Waals surface area contributed by atoms with E-state index in [1.165, 1.54) is 36.6 Å². The summed E-state index contributed by atoms with van der Waals surface area (Å²) in [5.41, 5.74) is 2.18. The van der Waals surface area contributed by atoms with E-state index in [0.717, 1.165) is 18.5 Å². The summed E-state index contributed by atoms with van der Waals surface area (Å²) in [6, 6.07) is 8.54. The first-order valence-corrected chi connectivity index (χ1v) is 10.3. The Balaban J connectivity index is 1.65. The molecule has 1 saturated carbocycles. The number of hydrogen-bond donors (Lipinski definition) is 1. The monoisotopic (exact) mass is 373 g/mol. The summed E-state index contributed by atoms with van der Waals surface area (Å²) in [7, 11) is 0. The number of carbonyl (C=O) groups is 1. The van der Waals surface area contributed by atoms with E-state index >= 15 is 0 Å². The number of thioether (sulfide) groups is 1. The maximum Gasteiger partial charge on any atom is 0.233 e. The normalized spacial score (nSPS) is 16.6. The highest BCUT2D eigenvalue weighted by molar-refractivity contribution is 8.00. The fraction of sp³-hybridized carbons (Fsp3) is 0.579. The molecule has 1 heterocycles. The molecule has 1 aliphatic rings. The van der Waals surface area contributed by atoms with Gasteiger partial charge >= 0.3 is 0 Å². The highest BCUT2D eigenvalue weighted by atomic mass is 32.2. The fourth-order valence-electron chi connectivity index (χ4n) is 3.19. The molecule has 1 aliphatic carbocycles. The molecule has 7 heteroatoms. The zero-order chi connectivity index (χ0) is 18.5. The first-order chi connectivity index (χ1) is 12.5. The molecule has 26 heavy (non-hydrogen) atoms. The van der Waals surface area contributed by atoms with Crippen LogP contribution in [0.15, 0.2) is 29.4 Å². The summed E-state index contributed by atoms with van der Waals surface area (Å²) >= 11 is 1.39. The molecule has 0 spiro atoms. The average molecular weight is 374 g/mol. The summed E-state index contributed by atoms with van der Waals surface area (Å²) in [6.45, 7) is 6.24. The summed E-state index contributed by atoms with van der Waals surface area (Å²) in [5, 5.41) is 15.6. The zero-order valence-electron chi connectivity index (χ0n) is 15.7. The van der Waals surface area contributed by atoms with Crippen LogP contribution in [0.2, 0.25) is 0 Å². The lowest BCUT2D eigenvalue weighted by Gasteiger charge is -2.24. The molecule has 140 valence electrons. The molecule has 3 rings (SSSR count). The largest absolute Gasteiger partial charge is 0.352 e. The lowest BCUT2D eigenvalue weighted by molar-refractivity contribution is -0.121. The first-order valence-electron chi connectivity index (χ1n) is 9.40. The van der Waals surface area contributed by atoms with Crippen LogP contribution in [0.1, 0.15) is 64.4 Å². The molecule has 6 nitrogen and oxygen atoms in total. The Morgan fingerprint density at radius 2 is 1.85 bits per heavy atom. The number of hydrogen-bond acceptors (Lipinski definition) is 5. The Kier molecular flexibility index (Phi) is 6.29. The molecule has 0 unspecified atom stereocenters. The second-order valence-electron chi connectivity index (χ2n) is 7.22. The van der Waals surface area contributed by atoms with Crippen LogP contribution in [0.5, 0.6) is 0 Å². The lowest BCUT2D eigenvalue weighted by Crippen LogP contribution is -2.40. The van der Waals surface area contributed by atoms with E-state index < -0.39 is 0 Å². The fourth-order valence-corrected chi connectivity index (χ4v) is 4.01. The van der Waals surface area contributed by atoms with Crippen LogP contribution in [0.25, 0.3) is 5.69 Å². The summed E-state index contributed by atoms with van der Waals surface area (Å²) in [4.78, 5) is 12.5. The molecule has 1 aromatic heterocycles. The van der Waals surface area contributed by atoms with Crippen molar-refractivity contribution < 1.29 is 4.79 Å². The van der Waals surface area contributed by atoms with E-state index in [-0.39, 0.29) is 11.2 Å². The van der Waals surface area contributed by atoms with Crippen molar-refractivity contribution in [3.8, 4) is 5.69 Å². The van der Waals surface area contributed by atoms with E-state index in [1.807, 2.05) is 19.1 Å². The number of nitrogens with one attached hydrogen (secondary N) is 1. The minimum atomic E-state index is -0.239. The third-order valence-corrected chi connectivity index (χ3v) is 5.88. The minimum Gasteiger partial charge on any atom is -0.352 e. The highest BCUT2D eigenvalue weighted by Crippen LogP contribution is 2.25. The van der Waals surface area contributed by atoms with E-state index in [4.69, 9.17) is 0 Å². The van der Waals surface area contributed by atoms with Gasteiger partial charge in [-0.05, 0) is 53.8 Å². The van der Waals surface area contributed by atoms with E-state index in [9.17, 15) is 4.79 Å². The SMILES string of the molecule is CC(C)c1ccc(-n2nnnc2S[C@H](C)C(=O)NC2CCCCC2)cc1. The van der Waals surface area contributed by atoms with Gasteiger partial charge in [0.15, 0.2) is 0 Å². The van der Waals surface area contributed by atoms with Gasteiger partial charge in [0.05, 0.1) is 10.9 Å². The second kappa shape index (κ2) is 8.66. The van der Waals surface area contributed by atoms with Crippen LogP contribution in [0.4, 0.5) is 0 Å². The van der Waals surface area contributed by atoms with Gasteiger partial charge in [-0.3, -0.25) is 4.79 Å². The van der Waals surface area contributed by atoms with Crippen LogP contribution in [-0.2, 0) is 4.79 Å². The van der Waals surface area contributed by atoms with Crippen LogP contribution >= 0.6 is 11.8 Å². The Morgan fingerprint density at radius 3 is 2.50 bits per heavy atom. The summed E-state index contributed by atoms with van der Waals surface area (Å²) in [6.07, 6.45) is 5.86. The number of aromatic nitrogens is 4. The molecule has 1 N–H and O–H groups in total. The molecule has 1 aromatic carbocycles. The number of nitrogens with zero attached hydrogens (tertiary/aromatic N) is 4. The van der Waals surface area contributed by atoms with Gasteiger partial charge in [0, 0.05) is 6.04 Å². The number of tetrazole rings is 1. The number of amides is 1. The zero-order valence-corrected chi connectivity index (χ0v) is 16.5. The standard InChI is InChI=1S/C19H27N5OS/c1-13(2)15-9-11-17(12-10-15)24-19(21-22-23-24)26-14(3)18(25)20-16-7-5-4-6-8-16/h9-14,16H,4-8H2,1-3H3,(H,20,25)/t14-/m1/s1.